The van der Waals surface area contributed by atoms with Crippen LogP contribution in [0.4, 0.5) is 11.5 Å². The molecule has 4 nitrogen and oxygen atoms in total. The molecule has 0 aliphatic rings. The van der Waals surface area contributed by atoms with Crippen LogP contribution in [0.15, 0.2) is 54.9 Å². The average molecular weight is 297 g/mol. The lowest BCUT2D eigenvalue weighted by Crippen LogP contribution is -2.03. The predicted octanol–water partition coefficient (Wildman–Crippen LogP) is 3.62. The van der Waals surface area contributed by atoms with E-state index in [0.29, 0.717) is 0 Å². The van der Waals surface area contributed by atoms with Gasteiger partial charge in [0.05, 0.1) is 5.52 Å². The normalized spacial score (nSPS) is 11.5. The molecule has 0 radical (unpaired) electrons. The van der Waals surface area contributed by atoms with Crippen molar-refractivity contribution in [2.24, 2.45) is 0 Å². The van der Waals surface area contributed by atoms with Gasteiger partial charge in [-0.3, -0.25) is 4.98 Å². The lowest BCUT2D eigenvalue weighted by Gasteiger charge is -2.10. The molecule has 0 aliphatic heterocycles. The second-order valence-electron chi connectivity index (χ2n) is 5.25. The molecule has 1 aromatic carbocycles. The molecule has 0 aliphatic carbocycles. The summed E-state index contributed by atoms with van der Waals surface area (Å²) in [6.07, 6.45) is 3.50. The van der Waals surface area contributed by atoms with E-state index in [4.69, 9.17) is 0 Å². The van der Waals surface area contributed by atoms with Gasteiger partial charge in [-0.15, -0.1) is 0 Å². The standard InChI is InChI=1S/C16H16N3OP/c1-21(2,20)13-7-5-12(6-8-13)19-16-14-4-3-10-17-15(14)9-11-18-16/h3-11H,1-2H3,(H,18,19). The minimum atomic E-state index is -2.21. The third-order valence-electron chi connectivity index (χ3n) is 3.28. The Morgan fingerprint density at radius 3 is 2.43 bits per heavy atom. The van der Waals surface area contributed by atoms with Gasteiger partial charge in [0.25, 0.3) is 0 Å². The van der Waals surface area contributed by atoms with Gasteiger partial charge in [-0.05, 0) is 55.8 Å². The van der Waals surface area contributed by atoms with Crippen molar-refractivity contribution in [3.63, 3.8) is 0 Å². The van der Waals surface area contributed by atoms with Crippen LogP contribution >= 0.6 is 7.14 Å². The molecule has 3 rings (SSSR count). The maximum atomic E-state index is 12.0. The molecular formula is C16H16N3OP. The van der Waals surface area contributed by atoms with Crippen LogP contribution in [0.25, 0.3) is 10.9 Å². The highest BCUT2D eigenvalue weighted by molar-refractivity contribution is 7.70. The van der Waals surface area contributed by atoms with E-state index < -0.39 is 7.14 Å². The highest BCUT2D eigenvalue weighted by Crippen LogP contribution is 2.34. The number of hydrogen-bond donors (Lipinski definition) is 1. The van der Waals surface area contributed by atoms with E-state index in [0.717, 1.165) is 27.7 Å². The molecule has 0 unspecified atom stereocenters. The monoisotopic (exact) mass is 297 g/mol. The summed E-state index contributed by atoms with van der Waals surface area (Å²) in [5, 5.41) is 5.13. The SMILES string of the molecule is CP(C)(=O)c1ccc(Nc2nccc3ncccc23)cc1. The number of fused-ring (bicyclic) bond motifs is 1. The fourth-order valence-corrected chi connectivity index (χ4v) is 3.01. The van der Waals surface area contributed by atoms with Crippen LogP contribution in [0.3, 0.4) is 0 Å². The molecule has 1 N–H and O–H groups in total. The van der Waals surface area contributed by atoms with Crippen LogP contribution < -0.4 is 10.6 Å². The molecule has 0 bridgehead atoms. The first-order valence-electron chi connectivity index (χ1n) is 6.66. The molecule has 21 heavy (non-hydrogen) atoms. The summed E-state index contributed by atoms with van der Waals surface area (Å²) in [7, 11) is -2.21. The first kappa shape index (κ1) is 13.8. The molecule has 0 amide bonds. The van der Waals surface area contributed by atoms with Gasteiger partial charge < -0.3 is 9.88 Å². The zero-order valence-electron chi connectivity index (χ0n) is 11.9. The Kier molecular flexibility index (Phi) is 3.48. The molecule has 0 fully saturated rings. The number of benzene rings is 1. The van der Waals surface area contributed by atoms with Crippen molar-refractivity contribution in [1.82, 2.24) is 9.97 Å². The Labute approximate surface area is 123 Å². The lowest BCUT2D eigenvalue weighted by molar-refractivity contribution is 0.588. The molecule has 0 atom stereocenters. The fraction of sp³-hybridized carbons (Fsp3) is 0.125. The summed E-state index contributed by atoms with van der Waals surface area (Å²) in [5.41, 5.74) is 1.81. The van der Waals surface area contributed by atoms with Gasteiger partial charge in [0.2, 0.25) is 0 Å². The van der Waals surface area contributed by atoms with Gasteiger partial charge in [-0.25, -0.2) is 4.98 Å². The highest BCUT2D eigenvalue weighted by atomic mass is 31.2. The Morgan fingerprint density at radius 2 is 1.71 bits per heavy atom. The highest BCUT2D eigenvalue weighted by Gasteiger charge is 2.10. The van der Waals surface area contributed by atoms with Crippen molar-refractivity contribution < 1.29 is 4.57 Å². The van der Waals surface area contributed by atoms with Crippen molar-refractivity contribution in [3.05, 3.63) is 54.9 Å². The van der Waals surface area contributed by atoms with Crippen LogP contribution in [-0.2, 0) is 4.57 Å². The second kappa shape index (κ2) is 5.30. The summed E-state index contributed by atoms with van der Waals surface area (Å²) < 4.78 is 12.0. The van der Waals surface area contributed by atoms with E-state index in [2.05, 4.69) is 15.3 Å². The van der Waals surface area contributed by atoms with Gasteiger partial charge in [0.1, 0.15) is 13.0 Å². The van der Waals surface area contributed by atoms with Crippen molar-refractivity contribution in [1.29, 1.82) is 0 Å². The summed E-state index contributed by atoms with van der Waals surface area (Å²) in [4.78, 5) is 8.68. The van der Waals surface area contributed by atoms with Crippen LogP contribution in [0.2, 0.25) is 0 Å². The van der Waals surface area contributed by atoms with E-state index in [9.17, 15) is 4.57 Å². The molecule has 0 spiro atoms. The molecule has 2 heterocycles. The molecule has 3 aromatic rings. The van der Waals surface area contributed by atoms with E-state index >= 15 is 0 Å². The van der Waals surface area contributed by atoms with Gasteiger partial charge in [0, 0.05) is 28.8 Å². The van der Waals surface area contributed by atoms with Crippen molar-refractivity contribution in [2.45, 2.75) is 0 Å². The summed E-state index contributed by atoms with van der Waals surface area (Å²) in [6.45, 7) is 3.54. The summed E-state index contributed by atoms with van der Waals surface area (Å²) in [6, 6.07) is 13.4. The van der Waals surface area contributed by atoms with E-state index in [1.807, 2.05) is 42.5 Å². The number of nitrogens with one attached hydrogen (secondary N) is 1. The van der Waals surface area contributed by atoms with Crippen molar-refractivity contribution in [2.75, 3.05) is 18.6 Å². The molecule has 0 saturated carbocycles. The van der Waals surface area contributed by atoms with E-state index in [1.165, 1.54) is 0 Å². The second-order valence-corrected chi connectivity index (χ2v) is 8.47. The van der Waals surface area contributed by atoms with E-state index in [-0.39, 0.29) is 0 Å². The van der Waals surface area contributed by atoms with Gasteiger partial charge in [-0.1, -0.05) is 0 Å². The van der Waals surface area contributed by atoms with Crippen LogP contribution in [-0.4, -0.2) is 23.3 Å². The zero-order chi connectivity index (χ0) is 14.9. The quantitative estimate of drug-likeness (QED) is 0.750. The van der Waals surface area contributed by atoms with Gasteiger partial charge in [-0.2, -0.15) is 0 Å². The number of nitrogens with zero attached hydrogens (tertiary/aromatic N) is 2. The smallest absolute Gasteiger partial charge is 0.139 e. The molecule has 106 valence electrons. The average Bonchev–Trinajstić information content (AvgIpc) is 2.47. The van der Waals surface area contributed by atoms with Gasteiger partial charge >= 0.3 is 0 Å². The Bertz CT molecular complexity index is 819. The third kappa shape index (κ3) is 2.96. The maximum absolute atomic E-state index is 12.0. The zero-order valence-corrected chi connectivity index (χ0v) is 12.8. The molecule has 0 saturated heterocycles. The third-order valence-corrected chi connectivity index (χ3v) is 4.82. The summed E-state index contributed by atoms with van der Waals surface area (Å²) >= 11 is 0. The first-order chi connectivity index (χ1) is 10.0. The first-order valence-corrected chi connectivity index (χ1v) is 9.26. The van der Waals surface area contributed by atoms with E-state index in [1.54, 1.807) is 25.7 Å². The molecule has 5 heteroatoms. The number of anilines is 2. The number of hydrogen-bond acceptors (Lipinski definition) is 4. The van der Waals surface area contributed by atoms with Crippen molar-refractivity contribution >= 4 is 34.9 Å². The van der Waals surface area contributed by atoms with Crippen LogP contribution in [0, 0.1) is 0 Å². The maximum Gasteiger partial charge on any atom is 0.139 e. The molecular weight excluding hydrogens is 281 g/mol. The van der Waals surface area contributed by atoms with Crippen molar-refractivity contribution in [3.8, 4) is 0 Å². The summed E-state index contributed by atoms with van der Waals surface area (Å²) in [5.74, 6) is 0.768. The minimum Gasteiger partial charge on any atom is -0.340 e. The number of pyridine rings is 2. The van der Waals surface area contributed by atoms with Crippen LogP contribution in [0.5, 0.6) is 0 Å². The topological polar surface area (TPSA) is 54.9 Å². The Morgan fingerprint density at radius 1 is 0.952 bits per heavy atom. The largest absolute Gasteiger partial charge is 0.340 e. The Hall–Kier alpha value is -2.19. The fourth-order valence-electron chi connectivity index (χ4n) is 2.14. The predicted molar refractivity (Wildman–Crippen MR) is 88.4 cm³/mol. The number of aromatic nitrogens is 2. The van der Waals surface area contributed by atoms with Crippen LogP contribution in [0.1, 0.15) is 0 Å². The number of rotatable bonds is 3. The minimum absolute atomic E-state index is 0.768. The van der Waals surface area contributed by atoms with Gasteiger partial charge in [0.15, 0.2) is 0 Å². The molecule has 2 aromatic heterocycles. The lowest BCUT2D eigenvalue weighted by atomic mass is 10.2. The Balaban J connectivity index is 1.94.